The van der Waals surface area contributed by atoms with E-state index in [-0.39, 0.29) is 54.5 Å². The molecule has 0 bridgehead atoms. The van der Waals surface area contributed by atoms with Crippen LogP contribution in [0, 0.1) is 5.92 Å². The van der Waals surface area contributed by atoms with Crippen molar-refractivity contribution in [1.29, 1.82) is 0 Å². The van der Waals surface area contributed by atoms with E-state index in [9.17, 15) is 14.4 Å². The van der Waals surface area contributed by atoms with Crippen LogP contribution in [-0.2, 0) is 25.5 Å². The minimum Gasteiger partial charge on any atom is -0.463 e. The first-order valence-corrected chi connectivity index (χ1v) is 16.5. The van der Waals surface area contributed by atoms with Crippen molar-refractivity contribution in [2.24, 2.45) is 5.92 Å². The van der Waals surface area contributed by atoms with Gasteiger partial charge in [0.2, 0.25) is 5.91 Å². The summed E-state index contributed by atoms with van der Waals surface area (Å²) in [4.78, 5) is 42.5. The number of ether oxygens (including phenoxy) is 2. The van der Waals surface area contributed by atoms with Gasteiger partial charge in [-0.25, -0.2) is 0 Å². The normalized spacial score (nSPS) is 27.5. The number of nitrogens with zero attached hydrogens (tertiary/aromatic N) is 2. The molecule has 0 radical (unpaired) electrons. The largest absolute Gasteiger partial charge is 0.463 e. The number of benzene rings is 2. The van der Waals surface area contributed by atoms with E-state index in [2.05, 4.69) is 24.1 Å². The number of carbonyl (C=O) groups excluding carboxylic acids is 3. The van der Waals surface area contributed by atoms with Gasteiger partial charge in [0.05, 0.1) is 53.7 Å². The Kier molecular flexibility index (Phi) is 9.90. The molecule has 1 N–H and O–H groups in total. The highest BCUT2D eigenvalue weighted by atomic mass is 35.5. The average Bonchev–Trinajstić information content (AvgIpc) is 3.66. The summed E-state index contributed by atoms with van der Waals surface area (Å²) in [5.41, 5.74) is 2.31. The average molecular weight is 636 g/mol. The van der Waals surface area contributed by atoms with Crippen LogP contribution >= 0.6 is 11.6 Å². The monoisotopic (exact) mass is 635 g/mol. The highest BCUT2D eigenvalue weighted by Crippen LogP contribution is 2.31. The lowest BCUT2D eigenvalue weighted by Crippen LogP contribution is -2.51. The number of morpholine rings is 1. The van der Waals surface area contributed by atoms with Gasteiger partial charge in [0.1, 0.15) is 18.1 Å². The van der Waals surface area contributed by atoms with Crippen LogP contribution < -0.4 is 5.32 Å². The molecule has 1 aromatic heterocycles. The molecule has 3 fully saturated rings. The summed E-state index contributed by atoms with van der Waals surface area (Å²) in [5.74, 6) is -0.146. The predicted molar refractivity (Wildman–Crippen MR) is 173 cm³/mol. The van der Waals surface area contributed by atoms with E-state index in [4.69, 9.17) is 25.5 Å². The minimum atomic E-state index is -0.317. The smallest absolute Gasteiger partial charge is 0.259 e. The van der Waals surface area contributed by atoms with E-state index in [1.807, 2.05) is 35.2 Å². The molecule has 2 aromatic carbocycles. The number of nitrogens with one attached hydrogen (secondary N) is 1. The highest BCUT2D eigenvalue weighted by Gasteiger charge is 2.40. The number of rotatable bonds is 9. The third-order valence-electron chi connectivity index (χ3n) is 9.48. The van der Waals surface area contributed by atoms with Crippen LogP contribution in [0.15, 0.2) is 53.1 Å². The molecule has 3 heterocycles. The maximum absolute atomic E-state index is 13.8. The number of furan rings is 1. The maximum Gasteiger partial charge on any atom is 0.259 e. The molecular weight excluding hydrogens is 594 g/mol. The van der Waals surface area contributed by atoms with Crippen LogP contribution in [0.3, 0.4) is 0 Å². The Hall–Kier alpha value is -3.24. The van der Waals surface area contributed by atoms with Crippen molar-refractivity contribution in [3.63, 3.8) is 0 Å². The predicted octanol–water partition coefficient (Wildman–Crippen LogP) is 5.73. The first-order valence-electron chi connectivity index (χ1n) is 16.1. The molecular formula is C35H42ClN3O6. The van der Waals surface area contributed by atoms with Crippen molar-refractivity contribution in [3.8, 4) is 0 Å². The van der Waals surface area contributed by atoms with Gasteiger partial charge in [-0.1, -0.05) is 35.9 Å². The Labute approximate surface area is 269 Å². The second-order valence-electron chi connectivity index (χ2n) is 12.9. The highest BCUT2D eigenvalue weighted by molar-refractivity contribution is 6.34. The Morgan fingerprint density at radius 1 is 1.04 bits per heavy atom. The second kappa shape index (κ2) is 14.0. The van der Waals surface area contributed by atoms with Crippen LogP contribution in [0.4, 0.5) is 5.69 Å². The van der Waals surface area contributed by atoms with Crippen molar-refractivity contribution in [2.75, 3.05) is 31.6 Å². The van der Waals surface area contributed by atoms with Gasteiger partial charge in [-0.05, 0) is 69.7 Å². The molecule has 2 amide bonds. The van der Waals surface area contributed by atoms with Gasteiger partial charge in [-0.3, -0.25) is 14.5 Å². The fourth-order valence-electron chi connectivity index (χ4n) is 7.16. The van der Waals surface area contributed by atoms with Gasteiger partial charge < -0.3 is 28.9 Å². The number of hydrogen-bond acceptors (Lipinski definition) is 7. The fraction of sp³-hybridized carbons (Fsp3) is 0.514. The van der Waals surface area contributed by atoms with Crippen LogP contribution in [0.1, 0.15) is 61.9 Å². The molecule has 10 heteroatoms. The van der Waals surface area contributed by atoms with Crippen molar-refractivity contribution in [2.45, 2.75) is 82.8 Å². The first-order chi connectivity index (χ1) is 21.8. The number of carbonyl (C=O) groups is 3. The number of anilines is 1. The van der Waals surface area contributed by atoms with Crippen LogP contribution in [-0.4, -0.2) is 84.5 Å². The van der Waals surface area contributed by atoms with E-state index in [1.54, 1.807) is 12.1 Å². The zero-order valence-electron chi connectivity index (χ0n) is 26.0. The molecule has 4 atom stereocenters. The Balaban J connectivity index is 1.11. The number of aldehydes is 1. The minimum absolute atomic E-state index is 0.0291. The number of amides is 2. The first kappa shape index (κ1) is 31.7. The number of halogens is 1. The van der Waals surface area contributed by atoms with Gasteiger partial charge in [0.15, 0.2) is 0 Å². The van der Waals surface area contributed by atoms with Gasteiger partial charge in [0, 0.05) is 37.0 Å². The molecule has 240 valence electrons. The molecule has 6 rings (SSSR count). The molecule has 9 nitrogen and oxygen atoms in total. The summed E-state index contributed by atoms with van der Waals surface area (Å²) in [6, 6.07) is 12.9. The summed E-state index contributed by atoms with van der Waals surface area (Å²) in [7, 11) is 0. The quantitative estimate of drug-likeness (QED) is 0.300. The maximum atomic E-state index is 13.8. The van der Waals surface area contributed by atoms with E-state index >= 15 is 0 Å². The van der Waals surface area contributed by atoms with Crippen LogP contribution in [0.25, 0.3) is 11.0 Å². The van der Waals surface area contributed by atoms with E-state index in [0.29, 0.717) is 35.0 Å². The van der Waals surface area contributed by atoms with E-state index < -0.39 is 0 Å². The molecule has 3 aromatic rings. The molecule has 1 saturated carbocycles. The van der Waals surface area contributed by atoms with E-state index in [1.165, 1.54) is 6.26 Å². The summed E-state index contributed by atoms with van der Waals surface area (Å²) < 4.78 is 17.9. The SMILES string of the molecule is C[C@@H]1CN([C@H]2C[C@@H](COC3CCC(C=O)CC3)N(C(=O)Cc3ccc(NC(=O)c4coc5ccccc45)c(Cl)c3)C2)C[C@H](C)O1. The lowest BCUT2D eigenvalue weighted by molar-refractivity contribution is -0.133. The summed E-state index contributed by atoms with van der Waals surface area (Å²) in [5, 5.41) is 3.96. The van der Waals surface area contributed by atoms with Crippen molar-refractivity contribution < 1.29 is 28.3 Å². The van der Waals surface area contributed by atoms with Crippen LogP contribution in [0.5, 0.6) is 0 Å². The van der Waals surface area contributed by atoms with Crippen molar-refractivity contribution in [1.82, 2.24) is 9.80 Å². The summed E-state index contributed by atoms with van der Waals surface area (Å²) >= 11 is 6.61. The van der Waals surface area contributed by atoms with Gasteiger partial charge >= 0.3 is 0 Å². The number of fused-ring (bicyclic) bond motifs is 1. The topological polar surface area (TPSA) is 101 Å². The third-order valence-corrected chi connectivity index (χ3v) is 9.79. The molecule has 3 aliphatic rings. The van der Waals surface area contributed by atoms with Gasteiger partial charge in [-0.2, -0.15) is 0 Å². The molecule has 0 spiro atoms. The molecule has 0 unspecified atom stereocenters. The van der Waals surface area contributed by atoms with Gasteiger partial charge in [-0.15, -0.1) is 0 Å². The number of hydrogen-bond donors (Lipinski definition) is 1. The van der Waals surface area contributed by atoms with Crippen molar-refractivity contribution >= 4 is 46.4 Å². The molecule has 2 saturated heterocycles. The fourth-order valence-corrected chi connectivity index (χ4v) is 7.41. The molecule has 2 aliphatic heterocycles. The van der Waals surface area contributed by atoms with Crippen molar-refractivity contribution in [3.05, 3.63) is 64.9 Å². The molecule has 1 aliphatic carbocycles. The Morgan fingerprint density at radius 2 is 1.80 bits per heavy atom. The van der Waals surface area contributed by atoms with Crippen LogP contribution in [0.2, 0.25) is 5.02 Å². The Bertz CT molecular complexity index is 1510. The number of para-hydroxylation sites is 1. The third kappa shape index (κ3) is 7.43. The summed E-state index contributed by atoms with van der Waals surface area (Å²) in [6.45, 7) is 7.02. The standard InChI is InChI=1S/C35H42ClN3O6/c1-22-16-38(17-23(2)45-22)26-15-27(20-43-28-10-7-24(19-40)8-11-28)39(18-26)34(41)14-25-9-12-32(31(36)13-25)37-35(42)30-21-44-33-6-4-3-5-29(30)33/h3-6,9,12-13,19,21-24,26-28H,7-8,10-11,14-18,20H2,1-2H3,(H,37,42)/t22-,23+,24?,26-,27-,28?/m0/s1. The van der Waals surface area contributed by atoms with E-state index in [0.717, 1.165) is 62.4 Å². The summed E-state index contributed by atoms with van der Waals surface area (Å²) in [6.07, 6.45) is 7.47. The number of likely N-dealkylation sites (tertiary alicyclic amines) is 1. The lowest BCUT2D eigenvalue weighted by atomic mass is 9.88. The van der Waals surface area contributed by atoms with Gasteiger partial charge in [0.25, 0.3) is 5.91 Å². The molecule has 45 heavy (non-hydrogen) atoms. The second-order valence-corrected chi connectivity index (χ2v) is 13.3. The zero-order chi connectivity index (χ0) is 31.5. The Morgan fingerprint density at radius 3 is 2.53 bits per heavy atom. The zero-order valence-corrected chi connectivity index (χ0v) is 26.7. The lowest BCUT2D eigenvalue weighted by Gasteiger charge is -2.38.